The molecule has 0 unspecified atom stereocenters. The van der Waals surface area contributed by atoms with Crippen molar-refractivity contribution in [2.24, 2.45) is 0 Å². The minimum atomic E-state index is -1.82. The van der Waals surface area contributed by atoms with Crippen LogP contribution in [-0.2, 0) is 31.9 Å². The van der Waals surface area contributed by atoms with Crippen molar-refractivity contribution in [3.8, 4) is 5.75 Å². The number of furan rings is 1. The quantitative estimate of drug-likeness (QED) is 0.100. The normalized spacial score (nSPS) is 13.3. The van der Waals surface area contributed by atoms with Gasteiger partial charge >= 0.3 is 17.5 Å². The Kier molecular flexibility index (Phi) is 13.2. The summed E-state index contributed by atoms with van der Waals surface area (Å²) in [5.41, 5.74) is 0.204. The summed E-state index contributed by atoms with van der Waals surface area (Å²) in [4.78, 5) is 26.6. The Balaban J connectivity index is 1.63. The number of hydrogen-bond acceptors (Lipinski definition) is 6. The monoisotopic (exact) mass is 542 g/mol. The third kappa shape index (κ3) is 8.74. The summed E-state index contributed by atoms with van der Waals surface area (Å²) < 4.78 is 23.1. The largest absolute Gasteiger partial charge is 0.464 e. The van der Waals surface area contributed by atoms with Gasteiger partial charge in [-0.05, 0) is 57.7 Å². The van der Waals surface area contributed by atoms with Gasteiger partial charge in [0.05, 0.1) is 13.2 Å². The Bertz CT molecular complexity index is 1000. The summed E-state index contributed by atoms with van der Waals surface area (Å²) in [6.45, 7) is 6.05. The highest BCUT2D eigenvalue weighted by Crippen LogP contribution is 2.36. The maximum absolute atomic E-state index is 13.3. The fraction of sp³-hybridized carbons (Fsp3) is 0.697. The molecule has 0 bridgehead atoms. The summed E-state index contributed by atoms with van der Waals surface area (Å²) in [6, 6.07) is 5.54. The van der Waals surface area contributed by atoms with Crippen molar-refractivity contribution >= 4 is 22.9 Å². The van der Waals surface area contributed by atoms with Crippen molar-refractivity contribution < 1.29 is 28.2 Å². The zero-order chi connectivity index (χ0) is 27.9. The first-order valence-electron chi connectivity index (χ1n) is 15.6. The molecule has 1 aliphatic rings. The molecule has 39 heavy (non-hydrogen) atoms. The second-order valence-electron chi connectivity index (χ2n) is 10.9. The van der Waals surface area contributed by atoms with Crippen LogP contribution in [0.1, 0.15) is 128 Å². The van der Waals surface area contributed by atoms with E-state index in [1.54, 1.807) is 19.9 Å². The van der Waals surface area contributed by atoms with Crippen LogP contribution in [0.15, 0.2) is 22.6 Å². The number of ether oxygens (including phenoxy) is 3. The molecule has 0 N–H and O–H groups in total. The van der Waals surface area contributed by atoms with Crippen LogP contribution in [0, 0.1) is 0 Å². The van der Waals surface area contributed by atoms with E-state index in [0.29, 0.717) is 12.2 Å². The molecule has 1 aliphatic carbocycles. The summed E-state index contributed by atoms with van der Waals surface area (Å²) in [7, 11) is 0. The summed E-state index contributed by atoms with van der Waals surface area (Å²) in [6.07, 6.45) is 18.8. The Morgan fingerprint density at radius 2 is 1.33 bits per heavy atom. The highest BCUT2D eigenvalue weighted by atomic mass is 16.6. The molecule has 2 aromatic rings. The number of esters is 2. The van der Waals surface area contributed by atoms with Crippen LogP contribution in [0.2, 0.25) is 0 Å². The van der Waals surface area contributed by atoms with E-state index >= 15 is 0 Å². The van der Waals surface area contributed by atoms with Crippen molar-refractivity contribution in [2.75, 3.05) is 13.2 Å². The van der Waals surface area contributed by atoms with Crippen LogP contribution < -0.4 is 4.74 Å². The molecule has 6 heteroatoms. The molecule has 0 saturated heterocycles. The van der Waals surface area contributed by atoms with Gasteiger partial charge in [0.25, 0.3) is 0 Å². The van der Waals surface area contributed by atoms with Crippen LogP contribution in [0.5, 0.6) is 5.75 Å². The van der Waals surface area contributed by atoms with Crippen LogP contribution in [0.3, 0.4) is 0 Å². The Labute approximate surface area is 235 Å². The molecule has 0 radical (unpaired) electrons. The van der Waals surface area contributed by atoms with E-state index in [4.69, 9.17) is 18.6 Å². The van der Waals surface area contributed by atoms with E-state index in [2.05, 4.69) is 6.92 Å². The van der Waals surface area contributed by atoms with Crippen molar-refractivity contribution in [1.29, 1.82) is 0 Å². The zero-order valence-corrected chi connectivity index (χ0v) is 24.6. The van der Waals surface area contributed by atoms with Gasteiger partial charge in [-0.1, -0.05) is 77.6 Å². The van der Waals surface area contributed by atoms with E-state index in [-0.39, 0.29) is 19.6 Å². The molecule has 218 valence electrons. The molecule has 0 spiro atoms. The maximum Gasteiger partial charge on any atom is 0.362 e. The van der Waals surface area contributed by atoms with Gasteiger partial charge in [-0.3, -0.25) is 0 Å². The van der Waals surface area contributed by atoms with Gasteiger partial charge in [-0.15, -0.1) is 0 Å². The fourth-order valence-corrected chi connectivity index (χ4v) is 5.64. The number of hydrogen-bond donors (Lipinski definition) is 0. The van der Waals surface area contributed by atoms with Crippen molar-refractivity contribution in [3.63, 3.8) is 0 Å². The first kappa shape index (κ1) is 31.0. The standard InChI is InChI=1S/C33H50O6/c1-4-7-8-9-10-11-12-13-14-15-16-19-24-33(31(34)36-5-2,32(35)37-6-3)39-26-22-23-30-28(25-26)27-20-17-18-21-29(27)38-30/h22-23,25H,4-21,24H2,1-3H3. The topological polar surface area (TPSA) is 75.0 Å². The Hall–Kier alpha value is -2.50. The molecule has 0 atom stereocenters. The fourth-order valence-electron chi connectivity index (χ4n) is 5.64. The molecule has 1 aromatic carbocycles. The SMILES string of the molecule is CCCCCCCCCCCCCCC(Oc1ccc2oc3c(c2c1)CCCC3)(C(=O)OCC)C(=O)OCC. The van der Waals surface area contributed by atoms with Gasteiger partial charge in [0.15, 0.2) is 0 Å². The van der Waals surface area contributed by atoms with Crippen molar-refractivity contribution in [2.45, 2.75) is 136 Å². The summed E-state index contributed by atoms with van der Waals surface area (Å²) in [5.74, 6) is 0.130. The third-order valence-corrected chi connectivity index (χ3v) is 7.81. The van der Waals surface area contributed by atoms with E-state index in [1.807, 2.05) is 12.1 Å². The second-order valence-corrected chi connectivity index (χ2v) is 10.9. The average molecular weight is 543 g/mol. The van der Waals surface area contributed by atoms with Crippen molar-refractivity contribution in [3.05, 3.63) is 29.5 Å². The van der Waals surface area contributed by atoms with Crippen LogP contribution in [-0.4, -0.2) is 30.8 Å². The van der Waals surface area contributed by atoms with Gasteiger partial charge in [0.2, 0.25) is 0 Å². The highest BCUT2D eigenvalue weighted by molar-refractivity contribution is 6.04. The lowest BCUT2D eigenvalue weighted by atomic mass is 9.94. The zero-order valence-electron chi connectivity index (χ0n) is 24.6. The lowest BCUT2D eigenvalue weighted by molar-refractivity contribution is -0.180. The van der Waals surface area contributed by atoms with Gasteiger partial charge in [0.1, 0.15) is 17.1 Å². The van der Waals surface area contributed by atoms with Gasteiger partial charge in [-0.25, -0.2) is 9.59 Å². The molecule has 1 aromatic heterocycles. The molecule has 0 saturated carbocycles. The number of aryl methyl sites for hydroxylation is 2. The number of fused-ring (bicyclic) bond motifs is 3. The molecular weight excluding hydrogens is 492 g/mol. The van der Waals surface area contributed by atoms with Crippen LogP contribution >= 0.6 is 0 Å². The molecule has 0 aliphatic heterocycles. The molecule has 1 heterocycles. The molecule has 6 nitrogen and oxygen atoms in total. The van der Waals surface area contributed by atoms with E-state index in [9.17, 15) is 9.59 Å². The van der Waals surface area contributed by atoms with Gasteiger partial charge in [-0.2, -0.15) is 0 Å². The molecule has 0 fully saturated rings. The highest BCUT2D eigenvalue weighted by Gasteiger charge is 2.51. The molecule has 0 amide bonds. The summed E-state index contributed by atoms with van der Waals surface area (Å²) >= 11 is 0. The number of unbranched alkanes of at least 4 members (excludes halogenated alkanes) is 11. The lowest BCUT2D eigenvalue weighted by Crippen LogP contribution is -2.53. The first-order chi connectivity index (χ1) is 19.1. The van der Waals surface area contributed by atoms with Crippen LogP contribution in [0.4, 0.5) is 0 Å². The Morgan fingerprint density at radius 1 is 0.769 bits per heavy atom. The van der Waals surface area contributed by atoms with E-state index < -0.39 is 17.5 Å². The average Bonchev–Trinajstić information content (AvgIpc) is 3.31. The lowest BCUT2D eigenvalue weighted by Gasteiger charge is -2.30. The minimum absolute atomic E-state index is 0.163. The van der Waals surface area contributed by atoms with Crippen molar-refractivity contribution in [1.82, 2.24) is 0 Å². The van der Waals surface area contributed by atoms with E-state index in [0.717, 1.165) is 55.3 Å². The predicted octanol–water partition coefficient (Wildman–Crippen LogP) is 8.65. The summed E-state index contributed by atoms with van der Waals surface area (Å²) in [5, 5.41) is 0.995. The number of benzene rings is 1. The molecule has 3 rings (SSSR count). The number of carbonyl (C=O) groups is 2. The van der Waals surface area contributed by atoms with E-state index in [1.165, 1.54) is 63.4 Å². The van der Waals surface area contributed by atoms with Gasteiger partial charge in [0, 0.05) is 23.8 Å². The maximum atomic E-state index is 13.3. The Morgan fingerprint density at radius 3 is 1.92 bits per heavy atom. The third-order valence-electron chi connectivity index (χ3n) is 7.81. The van der Waals surface area contributed by atoms with Crippen LogP contribution in [0.25, 0.3) is 11.0 Å². The molecular formula is C33H50O6. The number of carbonyl (C=O) groups excluding carboxylic acids is 2. The minimum Gasteiger partial charge on any atom is -0.464 e. The smallest absolute Gasteiger partial charge is 0.362 e. The first-order valence-corrected chi connectivity index (χ1v) is 15.6. The predicted molar refractivity (Wildman–Crippen MR) is 155 cm³/mol. The van der Waals surface area contributed by atoms with Gasteiger partial charge < -0.3 is 18.6 Å². The second kappa shape index (κ2) is 16.6. The number of rotatable bonds is 19.